The Morgan fingerprint density at radius 2 is 2.54 bits per heavy atom. The first-order valence-electron chi connectivity index (χ1n) is 3.66. The monoisotopic (exact) mass is 193 g/mol. The van der Waals surface area contributed by atoms with Crippen LogP contribution in [0.25, 0.3) is 10.6 Å². The van der Waals surface area contributed by atoms with Crippen LogP contribution in [0.2, 0.25) is 0 Å². The maximum atomic E-state index is 8.39. The number of hydrogen-bond donors (Lipinski definition) is 2. The van der Waals surface area contributed by atoms with Gasteiger partial charge < -0.3 is 5.21 Å². The molecule has 2 heterocycles. The van der Waals surface area contributed by atoms with Crippen molar-refractivity contribution < 1.29 is 5.21 Å². The minimum absolute atomic E-state index is 0.782. The molecular formula is C8H7N3OS. The molecule has 2 N–H and O–H groups in total. The van der Waals surface area contributed by atoms with E-state index >= 15 is 0 Å². The molecule has 0 aromatic carbocycles. The Kier molecular flexibility index (Phi) is 2.09. The van der Waals surface area contributed by atoms with E-state index in [0.29, 0.717) is 0 Å². The number of nitrogens with one attached hydrogen (secondary N) is 1. The van der Waals surface area contributed by atoms with Crippen LogP contribution >= 0.6 is 11.3 Å². The molecule has 66 valence electrons. The quantitative estimate of drug-likeness (QED) is 0.435. The number of rotatable bonds is 2. The van der Waals surface area contributed by atoms with Crippen molar-refractivity contribution in [1.29, 1.82) is 0 Å². The maximum Gasteiger partial charge on any atom is 0.0839 e. The molecule has 2 aromatic rings. The summed E-state index contributed by atoms with van der Waals surface area (Å²) >= 11 is 1.61. The van der Waals surface area contributed by atoms with E-state index in [2.05, 4.69) is 15.4 Å². The smallest absolute Gasteiger partial charge is 0.0839 e. The summed E-state index contributed by atoms with van der Waals surface area (Å²) in [5.74, 6) is 0. The molecule has 0 saturated heterocycles. The van der Waals surface area contributed by atoms with Gasteiger partial charge in [0.25, 0.3) is 0 Å². The van der Waals surface area contributed by atoms with Crippen LogP contribution in [-0.4, -0.2) is 21.6 Å². The summed E-state index contributed by atoms with van der Waals surface area (Å²) in [5.41, 5.74) is 1.66. The summed E-state index contributed by atoms with van der Waals surface area (Å²) in [6.07, 6.45) is 2.98. The Hall–Kier alpha value is -1.62. The molecule has 0 radical (unpaired) electrons. The highest BCUT2D eigenvalue weighted by Gasteiger charge is 2.05. The van der Waals surface area contributed by atoms with E-state index in [1.165, 1.54) is 6.21 Å². The van der Waals surface area contributed by atoms with Crippen molar-refractivity contribution in [1.82, 2.24) is 10.2 Å². The first-order valence-corrected chi connectivity index (χ1v) is 4.54. The Bertz CT molecular complexity index is 405. The summed E-state index contributed by atoms with van der Waals surface area (Å²) in [4.78, 5) is 1.08. The molecule has 0 saturated carbocycles. The predicted octanol–water partition coefficient (Wildman–Crippen LogP) is 1.95. The lowest BCUT2D eigenvalue weighted by Crippen LogP contribution is -1.81. The Balaban J connectivity index is 2.46. The van der Waals surface area contributed by atoms with Crippen molar-refractivity contribution in [2.24, 2.45) is 5.16 Å². The molecule has 0 aliphatic carbocycles. The first-order chi connectivity index (χ1) is 6.42. The van der Waals surface area contributed by atoms with Crippen LogP contribution in [0.1, 0.15) is 5.56 Å². The van der Waals surface area contributed by atoms with E-state index in [4.69, 9.17) is 5.21 Å². The summed E-state index contributed by atoms with van der Waals surface area (Å²) in [5, 5.41) is 20.1. The first kappa shape index (κ1) is 8.00. The minimum atomic E-state index is 0.782. The summed E-state index contributed by atoms with van der Waals surface area (Å²) in [6, 6.07) is 3.94. The van der Waals surface area contributed by atoms with Crippen molar-refractivity contribution in [2.45, 2.75) is 0 Å². The highest BCUT2D eigenvalue weighted by atomic mass is 32.1. The predicted molar refractivity (Wildman–Crippen MR) is 51.3 cm³/mol. The average Bonchev–Trinajstić information content (AvgIpc) is 2.71. The van der Waals surface area contributed by atoms with E-state index in [9.17, 15) is 0 Å². The topological polar surface area (TPSA) is 61.3 Å². The fourth-order valence-electron chi connectivity index (χ4n) is 1.07. The standard InChI is InChI=1S/C8H7N3OS/c12-10-5-6-4-9-11-8(6)7-2-1-3-13-7/h1-5,12H,(H,9,11)/b10-5+. The zero-order valence-corrected chi connectivity index (χ0v) is 7.45. The molecule has 0 spiro atoms. The van der Waals surface area contributed by atoms with Crippen LogP contribution in [0.5, 0.6) is 0 Å². The van der Waals surface area contributed by atoms with Gasteiger partial charge in [-0.05, 0) is 11.4 Å². The molecule has 13 heavy (non-hydrogen) atoms. The number of H-pyrrole nitrogens is 1. The van der Waals surface area contributed by atoms with E-state index in [-0.39, 0.29) is 0 Å². The van der Waals surface area contributed by atoms with E-state index in [1.54, 1.807) is 17.5 Å². The third-order valence-corrected chi connectivity index (χ3v) is 2.52. The second-order valence-electron chi connectivity index (χ2n) is 2.42. The van der Waals surface area contributed by atoms with Gasteiger partial charge in [0.1, 0.15) is 0 Å². The molecule has 5 heteroatoms. The molecule has 0 atom stereocenters. The Labute approximate surface area is 78.5 Å². The SMILES string of the molecule is O/N=C/c1cn[nH]c1-c1cccs1. The molecular weight excluding hydrogens is 186 g/mol. The van der Waals surface area contributed by atoms with Crippen molar-refractivity contribution >= 4 is 17.6 Å². The van der Waals surface area contributed by atoms with Gasteiger partial charge in [-0.15, -0.1) is 11.3 Å². The summed E-state index contributed by atoms with van der Waals surface area (Å²) in [7, 11) is 0. The van der Waals surface area contributed by atoms with Crippen molar-refractivity contribution in [2.75, 3.05) is 0 Å². The van der Waals surface area contributed by atoms with E-state index in [0.717, 1.165) is 16.1 Å². The lowest BCUT2D eigenvalue weighted by molar-refractivity contribution is 0.322. The van der Waals surface area contributed by atoms with Crippen LogP contribution in [0.4, 0.5) is 0 Å². The molecule has 0 bridgehead atoms. The Morgan fingerprint density at radius 1 is 1.62 bits per heavy atom. The van der Waals surface area contributed by atoms with Gasteiger partial charge in [-0.3, -0.25) is 5.10 Å². The molecule has 2 rings (SSSR count). The van der Waals surface area contributed by atoms with Crippen molar-refractivity contribution in [3.8, 4) is 10.6 Å². The van der Waals surface area contributed by atoms with Gasteiger partial charge in [-0.25, -0.2) is 0 Å². The van der Waals surface area contributed by atoms with Crippen LogP contribution in [0, 0.1) is 0 Å². The average molecular weight is 193 g/mol. The van der Waals surface area contributed by atoms with Gasteiger partial charge >= 0.3 is 0 Å². The summed E-state index contributed by atoms with van der Waals surface area (Å²) in [6.45, 7) is 0. The van der Waals surface area contributed by atoms with Crippen LogP contribution in [0.3, 0.4) is 0 Å². The zero-order valence-electron chi connectivity index (χ0n) is 6.64. The molecule has 0 amide bonds. The van der Waals surface area contributed by atoms with E-state index in [1.807, 2.05) is 17.5 Å². The number of thiophene rings is 1. The second-order valence-corrected chi connectivity index (χ2v) is 3.37. The van der Waals surface area contributed by atoms with Crippen molar-refractivity contribution in [3.05, 3.63) is 29.3 Å². The molecule has 4 nitrogen and oxygen atoms in total. The van der Waals surface area contributed by atoms with Crippen LogP contribution in [0.15, 0.2) is 28.9 Å². The van der Waals surface area contributed by atoms with E-state index < -0.39 is 0 Å². The highest BCUT2D eigenvalue weighted by molar-refractivity contribution is 7.13. The summed E-state index contributed by atoms with van der Waals surface area (Å²) < 4.78 is 0. The molecule has 0 aliphatic heterocycles. The number of aromatic nitrogens is 2. The molecule has 0 unspecified atom stereocenters. The molecule has 0 aliphatic rings. The van der Waals surface area contributed by atoms with Gasteiger partial charge in [0.05, 0.1) is 23.0 Å². The zero-order chi connectivity index (χ0) is 9.10. The van der Waals surface area contributed by atoms with Gasteiger partial charge in [0, 0.05) is 5.56 Å². The minimum Gasteiger partial charge on any atom is -0.411 e. The lowest BCUT2D eigenvalue weighted by Gasteiger charge is -1.91. The number of oxime groups is 1. The maximum absolute atomic E-state index is 8.39. The molecule has 2 aromatic heterocycles. The number of hydrogen-bond acceptors (Lipinski definition) is 4. The van der Waals surface area contributed by atoms with Gasteiger partial charge in [-0.2, -0.15) is 5.10 Å². The number of nitrogens with zero attached hydrogens (tertiary/aromatic N) is 2. The van der Waals surface area contributed by atoms with Crippen LogP contribution < -0.4 is 0 Å². The van der Waals surface area contributed by atoms with Crippen LogP contribution in [-0.2, 0) is 0 Å². The van der Waals surface area contributed by atoms with Gasteiger partial charge in [0.15, 0.2) is 0 Å². The van der Waals surface area contributed by atoms with Gasteiger partial charge in [-0.1, -0.05) is 11.2 Å². The third-order valence-electron chi connectivity index (χ3n) is 1.63. The normalized spacial score (nSPS) is 11.1. The fraction of sp³-hybridized carbons (Fsp3) is 0. The second kappa shape index (κ2) is 3.40. The van der Waals surface area contributed by atoms with Crippen molar-refractivity contribution in [3.63, 3.8) is 0 Å². The highest BCUT2D eigenvalue weighted by Crippen LogP contribution is 2.24. The molecule has 0 fully saturated rings. The Morgan fingerprint density at radius 3 is 3.23 bits per heavy atom. The largest absolute Gasteiger partial charge is 0.411 e. The lowest BCUT2D eigenvalue weighted by atomic mass is 10.2. The number of aromatic amines is 1. The third kappa shape index (κ3) is 1.46. The van der Waals surface area contributed by atoms with Gasteiger partial charge in [0.2, 0.25) is 0 Å². The fourth-order valence-corrected chi connectivity index (χ4v) is 1.82.